The van der Waals surface area contributed by atoms with Gasteiger partial charge in [0.1, 0.15) is 12.4 Å². The van der Waals surface area contributed by atoms with Crippen LogP contribution in [-0.2, 0) is 11.4 Å². The lowest BCUT2D eigenvalue weighted by Crippen LogP contribution is -2.21. The van der Waals surface area contributed by atoms with Crippen molar-refractivity contribution >= 4 is 23.5 Å². The number of fused-ring (bicyclic) bond motifs is 1. The molecule has 2 heterocycles. The lowest BCUT2D eigenvalue weighted by atomic mass is 10.0. The van der Waals surface area contributed by atoms with Crippen LogP contribution in [0.4, 0.5) is 5.82 Å². The molecule has 2 atom stereocenters. The molecule has 2 N–H and O–H groups in total. The smallest absolute Gasteiger partial charge is 0.238 e. The lowest BCUT2D eigenvalue weighted by Gasteiger charge is -2.18. The van der Waals surface area contributed by atoms with Crippen LogP contribution in [0.3, 0.4) is 0 Å². The van der Waals surface area contributed by atoms with E-state index in [9.17, 15) is 4.79 Å². The Morgan fingerprint density at radius 1 is 1.14 bits per heavy atom. The van der Waals surface area contributed by atoms with Crippen molar-refractivity contribution in [3.63, 3.8) is 0 Å². The fraction of sp³-hybridized carbons (Fsp3) is 0.273. The molecule has 1 aliphatic rings. The standard InChI is InChI=1S/C22H23N3O2S/c1-13-5-4-6-16(11-13)12-27-18-9-7-17(8-10-18)20-19-14(2)24-25-21(19)23-22(26)15(3)28-20/h4-11,15,20H,12H2,1-3H3,(H2,23,24,25,26)/t15-,20+/m1/s1. The van der Waals surface area contributed by atoms with Crippen molar-refractivity contribution in [2.45, 2.75) is 37.9 Å². The molecule has 3 aromatic rings. The minimum absolute atomic E-state index is 0.0154. The molecule has 2 aromatic carbocycles. The number of nitrogens with zero attached hydrogens (tertiary/aromatic N) is 1. The van der Waals surface area contributed by atoms with Crippen LogP contribution in [-0.4, -0.2) is 21.4 Å². The molecule has 0 radical (unpaired) electrons. The van der Waals surface area contributed by atoms with Crippen LogP contribution in [0.2, 0.25) is 0 Å². The van der Waals surface area contributed by atoms with Gasteiger partial charge in [-0.3, -0.25) is 9.89 Å². The van der Waals surface area contributed by atoms with E-state index in [1.807, 2.05) is 32.0 Å². The second-order valence-corrected chi connectivity index (χ2v) is 8.56. The topological polar surface area (TPSA) is 67.0 Å². The molecule has 0 saturated carbocycles. The number of rotatable bonds is 4. The molecular weight excluding hydrogens is 370 g/mol. The third-order valence-electron chi connectivity index (χ3n) is 4.88. The number of aryl methyl sites for hydroxylation is 2. The molecule has 4 rings (SSSR count). The second kappa shape index (κ2) is 7.72. The third-order valence-corrected chi connectivity index (χ3v) is 6.28. The number of amides is 1. The first kappa shape index (κ1) is 18.6. The minimum atomic E-state index is -0.157. The number of H-pyrrole nitrogens is 1. The van der Waals surface area contributed by atoms with Gasteiger partial charge in [0.15, 0.2) is 5.82 Å². The van der Waals surface area contributed by atoms with Crippen molar-refractivity contribution < 1.29 is 9.53 Å². The SMILES string of the molecule is Cc1cccc(COc2ccc([C@@H]3S[C@H](C)C(=O)Nc4n[nH]c(C)c43)cc2)c1. The predicted octanol–water partition coefficient (Wildman–Crippen LogP) is 4.77. The zero-order chi connectivity index (χ0) is 19.7. The Balaban J connectivity index is 1.54. The van der Waals surface area contributed by atoms with Crippen molar-refractivity contribution in [1.29, 1.82) is 0 Å². The predicted molar refractivity (Wildman–Crippen MR) is 113 cm³/mol. The van der Waals surface area contributed by atoms with Crippen molar-refractivity contribution in [3.05, 3.63) is 76.5 Å². The number of anilines is 1. The minimum Gasteiger partial charge on any atom is -0.489 e. The highest BCUT2D eigenvalue weighted by atomic mass is 32.2. The number of carbonyl (C=O) groups excluding carboxylic acids is 1. The van der Waals surface area contributed by atoms with Gasteiger partial charge in [0.2, 0.25) is 5.91 Å². The quantitative estimate of drug-likeness (QED) is 0.670. The summed E-state index contributed by atoms with van der Waals surface area (Å²) in [5, 5.41) is 10.1. The fourth-order valence-corrected chi connectivity index (χ4v) is 4.69. The van der Waals surface area contributed by atoms with E-state index in [1.165, 1.54) is 5.56 Å². The number of ether oxygens (including phenoxy) is 1. The van der Waals surface area contributed by atoms with Crippen molar-refractivity contribution in [2.24, 2.45) is 0 Å². The van der Waals surface area contributed by atoms with Crippen LogP contribution in [0.15, 0.2) is 48.5 Å². The van der Waals surface area contributed by atoms with Gasteiger partial charge in [0.05, 0.1) is 10.5 Å². The van der Waals surface area contributed by atoms with E-state index in [1.54, 1.807) is 11.8 Å². The maximum absolute atomic E-state index is 12.3. The summed E-state index contributed by atoms with van der Waals surface area (Å²) >= 11 is 1.63. The Labute approximate surface area is 168 Å². The van der Waals surface area contributed by atoms with Gasteiger partial charge < -0.3 is 10.1 Å². The summed E-state index contributed by atoms with van der Waals surface area (Å²) in [5.74, 6) is 1.44. The van der Waals surface area contributed by atoms with Gasteiger partial charge in [-0.25, -0.2) is 0 Å². The Morgan fingerprint density at radius 3 is 2.68 bits per heavy atom. The van der Waals surface area contributed by atoms with Crippen LogP contribution in [0.5, 0.6) is 5.75 Å². The van der Waals surface area contributed by atoms with E-state index < -0.39 is 0 Å². The summed E-state index contributed by atoms with van der Waals surface area (Å²) in [6.45, 7) is 6.53. The molecule has 0 unspecified atom stereocenters. The monoisotopic (exact) mass is 393 g/mol. The molecule has 28 heavy (non-hydrogen) atoms. The van der Waals surface area contributed by atoms with Crippen LogP contribution in [0, 0.1) is 13.8 Å². The second-order valence-electron chi connectivity index (χ2n) is 7.11. The summed E-state index contributed by atoms with van der Waals surface area (Å²) in [6.07, 6.45) is 0. The molecule has 0 fully saturated rings. The highest BCUT2D eigenvalue weighted by molar-refractivity contribution is 8.01. The van der Waals surface area contributed by atoms with Gasteiger partial charge in [-0.2, -0.15) is 5.10 Å². The van der Waals surface area contributed by atoms with E-state index in [4.69, 9.17) is 4.74 Å². The Hall–Kier alpha value is -2.73. The Bertz CT molecular complexity index is 997. The van der Waals surface area contributed by atoms with E-state index in [2.05, 4.69) is 52.8 Å². The summed E-state index contributed by atoms with van der Waals surface area (Å²) < 4.78 is 5.94. The summed E-state index contributed by atoms with van der Waals surface area (Å²) in [4.78, 5) is 12.3. The van der Waals surface area contributed by atoms with Gasteiger partial charge in [-0.15, -0.1) is 11.8 Å². The summed E-state index contributed by atoms with van der Waals surface area (Å²) in [5.41, 5.74) is 5.52. The maximum atomic E-state index is 12.3. The molecule has 0 bridgehead atoms. The maximum Gasteiger partial charge on any atom is 0.238 e. The number of aromatic amines is 1. The average Bonchev–Trinajstić information content (AvgIpc) is 2.98. The number of hydrogen-bond donors (Lipinski definition) is 2. The highest BCUT2D eigenvalue weighted by Crippen LogP contribution is 2.44. The van der Waals surface area contributed by atoms with E-state index >= 15 is 0 Å². The van der Waals surface area contributed by atoms with Crippen LogP contribution in [0.1, 0.15) is 40.1 Å². The number of thioether (sulfide) groups is 1. The molecule has 1 aliphatic heterocycles. The molecule has 1 aromatic heterocycles. The zero-order valence-corrected chi connectivity index (χ0v) is 17.0. The number of carbonyl (C=O) groups is 1. The summed E-state index contributed by atoms with van der Waals surface area (Å²) in [6, 6.07) is 16.4. The molecule has 1 amide bonds. The van der Waals surface area contributed by atoms with Gasteiger partial charge >= 0.3 is 0 Å². The molecule has 144 valence electrons. The molecule has 0 aliphatic carbocycles. The van der Waals surface area contributed by atoms with Gasteiger partial charge in [-0.1, -0.05) is 42.0 Å². The Kier molecular flexibility index (Phi) is 5.13. The van der Waals surface area contributed by atoms with E-state index in [0.717, 1.165) is 28.1 Å². The first-order valence-electron chi connectivity index (χ1n) is 9.31. The lowest BCUT2D eigenvalue weighted by molar-refractivity contribution is -0.115. The Morgan fingerprint density at radius 2 is 1.93 bits per heavy atom. The molecule has 5 nitrogen and oxygen atoms in total. The normalized spacial score (nSPS) is 18.9. The van der Waals surface area contributed by atoms with Crippen molar-refractivity contribution in [3.8, 4) is 5.75 Å². The van der Waals surface area contributed by atoms with Gasteiger partial charge in [-0.05, 0) is 44.0 Å². The number of aromatic nitrogens is 2. The molecular formula is C22H23N3O2S. The van der Waals surface area contributed by atoms with Crippen molar-refractivity contribution in [1.82, 2.24) is 10.2 Å². The first-order valence-corrected chi connectivity index (χ1v) is 10.2. The largest absolute Gasteiger partial charge is 0.489 e. The highest BCUT2D eigenvalue weighted by Gasteiger charge is 2.32. The van der Waals surface area contributed by atoms with Crippen LogP contribution < -0.4 is 10.1 Å². The molecule has 0 spiro atoms. The van der Waals surface area contributed by atoms with E-state index in [-0.39, 0.29) is 16.4 Å². The zero-order valence-electron chi connectivity index (χ0n) is 16.2. The number of benzene rings is 2. The molecule has 0 saturated heterocycles. The first-order chi connectivity index (χ1) is 13.5. The van der Waals surface area contributed by atoms with Gasteiger partial charge in [0.25, 0.3) is 0 Å². The summed E-state index contributed by atoms with van der Waals surface area (Å²) in [7, 11) is 0. The van der Waals surface area contributed by atoms with Crippen molar-refractivity contribution in [2.75, 3.05) is 5.32 Å². The van der Waals surface area contributed by atoms with Crippen LogP contribution in [0.25, 0.3) is 0 Å². The van der Waals surface area contributed by atoms with E-state index in [0.29, 0.717) is 12.4 Å². The third kappa shape index (κ3) is 3.78. The number of nitrogens with one attached hydrogen (secondary N) is 2. The molecule has 6 heteroatoms. The van der Waals surface area contributed by atoms with Crippen LogP contribution >= 0.6 is 11.8 Å². The average molecular weight is 394 g/mol. The van der Waals surface area contributed by atoms with Gasteiger partial charge in [0, 0.05) is 11.3 Å². The fourth-order valence-electron chi connectivity index (χ4n) is 3.36. The number of hydrogen-bond acceptors (Lipinski definition) is 4.